The molecular weight excluding hydrogens is 334 g/mol. The molecule has 0 spiro atoms. The van der Waals surface area contributed by atoms with E-state index in [1.165, 1.54) is 23.1 Å². The first kappa shape index (κ1) is 14.3. The molecule has 3 heterocycles. The van der Waals surface area contributed by atoms with Crippen LogP contribution in [0.2, 0.25) is 0 Å². The summed E-state index contributed by atoms with van der Waals surface area (Å²) in [5.74, 6) is -0.674. The van der Waals surface area contributed by atoms with E-state index in [0.29, 0.717) is 18.0 Å². The number of aromatic carboxylic acids is 1. The summed E-state index contributed by atoms with van der Waals surface area (Å²) >= 11 is 2.61. The Morgan fingerprint density at radius 1 is 1.35 bits per heavy atom. The first-order valence-corrected chi connectivity index (χ1v) is 8.69. The summed E-state index contributed by atoms with van der Waals surface area (Å²) in [7, 11) is 0. The Bertz CT molecular complexity index is 927. The number of benzene rings is 1. The maximum Gasteiger partial charge on any atom is 0.345 e. The third kappa shape index (κ3) is 2.42. The molecule has 23 heavy (non-hydrogen) atoms. The number of thiophene rings is 1. The second kappa shape index (κ2) is 5.43. The van der Waals surface area contributed by atoms with Crippen molar-refractivity contribution in [3.8, 4) is 0 Å². The molecule has 1 amide bonds. The van der Waals surface area contributed by atoms with E-state index in [1.54, 1.807) is 17.2 Å². The van der Waals surface area contributed by atoms with E-state index in [2.05, 4.69) is 0 Å². The normalized spacial score (nSPS) is 14.3. The number of para-hydroxylation sites is 1. The second-order valence-corrected chi connectivity index (χ2v) is 7.41. The number of rotatable bonds is 3. The van der Waals surface area contributed by atoms with Gasteiger partial charge in [0.15, 0.2) is 0 Å². The highest BCUT2D eigenvalue weighted by Gasteiger charge is 2.29. The molecule has 1 aliphatic heterocycles. The molecule has 2 aromatic heterocycles. The summed E-state index contributed by atoms with van der Waals surface area (Å²) in [6.07, 6.45) is 1.63. The van der Waals surface area contributed by atoms with Crippen LogP contribution in [0.4, 0.5) is 5.69 Å². The zero-order valence-electron chi connectivity index (χ0n) is 11.8. The van der Waals surface area contributed by atoms with Crippen molar-refractivity contribution in [2.45, 2.75) is 10.8 Å². The molecular formula is C16H11NO4S2. The van der Waals surface area contributed by atoms with E-state index < -0.39 is 5.97 Å². The van der Waals surface area contributed by atoms with Gasteiger partial charge in [0.1, 0.15) is 10.5 Å². The van der Waals surface area contributed by atoms with Crippen LogP contribution in [0, 0.1) is 0 Å². The number of carboxylic acid groups (broad SMARTS) is 1. The number of fused-ring (bicyclic) bond motifs is 2. The number of anilines is 1. The highest BCUT2D eigenvalue weighted by Crippen LogP contribution is 2.43. The van der Waals surface area contributed by atoms with Gasteiger partial charge in [-0.15, -0.1) is 23.1 Å². The van der Waals surface area contributed by atoms with Crippen molar-refractivity contribution in [3.63, 3.8) is 0 Å². The molecule has 0 saturated heterocycles. The minimum atomic E-state index is -0.967. The first-order valence-electron chi connectivity index (χ1n) is 6.89. The van der Waals surface area contributed by atoms with Crippen LogP contribution in [0.25, 0.3) is 11.0 Å². The highest BCUT2D eigenvalue weighted by molar-refractivity contribution is 8.02. The van der Waals surface area contributed by atoms with Crippen molar-refractivity contribution in [1.82, 2.24) is 0 Å². The fourth-order valence-electron chi connectivity index (χ4n) is 2.62. The molecule has 5 nitrogen and oxygen atoms in total. The van der Waals surface area contributed by atoms with Crippen molar-refractivity contribution < 1.29 is 19.1 Å². The van der Waals surface area contributed by atoms with Crippen molar-refractivity contribution >= 4 is 51.6 Å². The van der Waals surface area contributed by atoms with Gasteiger partial charge < -0.3 is 14.4 Å². The molecule has 0 aliphatic carbocycles. The number of furan rings is 1. The van der Waals surface area contributed by atoms with Crippen LogP contribution in [0.1, 0.15) is 15.2 Å². The fourth-order valence-corrected chi connectivity index (χ4v) is 4.76. The van der Waals surface area contributed by atoms with Crippen LogP contribution in [-0.2, 0) is 11.3 Å². The average molecular weight is 345 g/mol. The van der Waals surface area contributed by atoms with Gasteiger partial charge in [-0.05, 0) is 12.1 Å². The van der Waals surface area contributed by atoms with Gasteiger partial charge in [-0.2, -0.15) is 0 Å². The standard InChI is InChI=1S/C16H11NO4S2/c18-13-8-22-16-11(6-12(23-16)15(19)20)17(13)7-10-3-1-2-9-4-5-21-14(9)10/h1-6H,7-8H2,(H,19,20). The molecule has 4 rings (SSSR count). The smallest absolute Gasteiger partial charge is 0.345 e. The molecule has 1 aromatic carbocycles. The predicted molar refractivity (Wildman–Crippen MR) is 89.4 cm³/mol. The molecule has 0 bridgehead atoms. The van der Waals surface area contributed by atoms with Crippen LogP contribution in [0.15, 0.2) is 45.2 Å². The Hall–Kier alpha value is -2.25. The van der Waals surface area contributed by atoms with Crippen LogP contribution >= 0.6 is 23.1 Å². The Morgan fingerprint density at radius 2 is 2.22 bits per heavy atom. The number of carbonyl (C=O) groups excluding carboxylic acids is 1. The molecule has 0 saturated carbocycles. The summed E-state index contributed by atoms with van der Waals surface area (Å²) in [5, 5.41) is 10.2. The molecule has 1 aliphatic rings. The topological polar surface area (TPSA) is 70.8 Å². The van der Waals surface area contributed by atoms with Gasteiger partial charge in [-0.1, -0.05) is 18.2 Å². The average Bonchev–Trinajstić information content (AvgIpc) is 3.16. The van der Waals surface area contributed by atoms with Crippen LogP contribution < -0.4 is 4.90 Å². The Kier molecular flexibility index (Phi) is 3.39. The highest BCUT2D eigenvalue weighted by atomic mass is 32.2. The molecule has 3 aromatic rings. The van der Waals surface area contributed by atoms with Crippen LogP contribution in [0.5, 0.6) is 0 Å². The maximum absolute atomic E-state index is 12.3. The largest absolute Gasteiger partial charge is 0.477 e. The van der Waals surface area contributed by atoms with Gasteiger partial charge in [0.2, 0.25) is 5.91 Å². The summed E-state index contributed by atoms with van der Waals surface area (Å²) in [6, 6.07) is 9.26. The fraction of sp³-hybridized carbons (Fsp3) is 0.125. The molecule has 0 unspecified atom stereocenters. The van der Waals surface area contributed by atoms with Crippen LogP contribution in [0.3, 0.4) is 0 Å². The van der Waals surface area contributed by atoms with Crippen LogP contribution in [-0.4, -0.2) is 22.7 Å². The van der Waals surface area contributed by atoms with Gasteiger partial charge >= 0.3 is 5.97 Å². The van der Waals surface area contributed by atoms with E-state index in [4.69, 9.17) is 4.42 Å². The Morgan fingerprint density at radius 3 is 3.04 bits per heavy atom. The molecule has 0 fully saturated rings. The van der Waals surface area contributed by atoms with E-state index in [-0.39, 0.29) is 10.8 Å². The SMILES string of the molecule is O=C(O)c1cc2c(s1)SCC(=O)N2Cc1cccc2ccoc12. The predicted octanol–water partition coefficient (Wildman–Crippen LogP) is 3.83. The number of carbonyl (C=O) groups is 2. The molecule has 1 N–H and O–H groups in total. The first-order chi connectivity index (χ1) is 11.1. The van der Waals surface area contributed by atoms with Gasteiger partial charge in [0, 0.05) is 10.9 Å². The summed E-state index contributed by atoms with van der Waals surface area (Å²) in [6.45, 7) is 0.368. The lowest BCUT2D eigenvalue weighted by molar-refractivity contribution is -0.116. The molecule has 0 atom stereocenters. The lowest BCUT2D eigenvalue weighted by Crippen LogP contribution is -2.34. The minimum Gasteiger partial charge on any atom is -0.477 e. The van der Waals surface area contributed by atoms with Gasteiger partial charge in [-0.3, -0.25) is 4.79 Å². The minimum absolute atomic E-state index is 0.0270. The lowest BCUT2D eigenvalue weighted by Gasteiger charge is -2.26. The van der Waals surface area contributed by atoms with Crippen molar-refractivity contribution in [3.05, 3.63) is 47.0 Å². The zero-order chi connectivity index (χ0) is 16.0. The zero-order valence-corrected chi connectivity index (χ0v) is 13.4. The van der Waals surface area contributed by atoms with E-state index in [1.807, 2.05) is 24.3 Å². The second-order valence-electron chi connectivity index (χ2n) is 5.11. The molecule has 7 heteroatoms. The van der Waals surface area contributed by atoms with E-state index in [9.17, 15) is 14.7 Å². The quantitative estimate of drug-likeness (QED) is 0.781. The number of thioether (sulfide) groups is 1. The number of hydrogen-bond donors (Lipinski definition) is 1. The maximum atomic E-state index is 12.3. The Balaban J connectivity index is 1.75. The number of nitrogens with zero attached hydrogens (tertiary/aromatic N) is 1. The molecule has 0 radical (unpaired) electrons. The summed E-state index contributed by atoms with van der Waals surface area (Å²) in [5.41, 5.74) is 2.34. The number of carboxylic acids is 1. The third-order valence-electron chi connectivity index (χ3n) is 3.70. The van der Waals surface area contributed by atoms with E-state index >= 15 is 0 Å². The van der Waals surface area contributed by atoms with Crippen molar-refractivity contribution in [2.75, 3.05) is 10.7 Å². The number of hydrogen-bond acceptors (Lipinski definition) is 5. The van der Waals surface area contributed by atoms with E-state index in [0.717, 1.165) is 20.7 Å². The van der Waals surface area contributed by atoms with Crippen molar-refractivity contribution in [2.24, 2.45) is 0 Å². The third-order valence-corrected chi connectivity index (χ3v) is 6.07. The number of amides is 1. The Labute approximate surface area is 139 Å². The van der Waals surface area contributed by atoms with Gasteiger partial charge in [-0.25, -0.2) is 4.79 Å². The van der Waals surface area contributed by atoms with Crippen molar-refractivity contribution in [1.29, 1.82) is 0 Å². The van der Waals surface area contributed by atoms with Gasteiger partial charge in [0.25, 0.3) is 0 Å². The summed E-state index contributed by atoms with van der Waals surface area (Å²) in [4.78, 5) is 25.4. The van der Waals surface area contributed by atoms with Gasteiger partial charge in [0.05, 0.1) is 28.5 Å². The lowest BCUT2D eigenvalue weighted by atomic mass is 10.1. The monoisotopic (exact) mass is 345 g/mol. The summed E-state index contributed by atoms with van der Waals surface area (Å²) < 4.78 is 6.39. The molecule has 116 valence electrons.